The van der Waals surface area contributed by atoms with E-state index in [0.29, 0.717) is 6.04 Å². The standard InChI is InChI=1S/C13H19N.ClH/c1-9-7-11(3)12(8-10(9)2)13-5-4-6-14-13;/h7-8,13-14H,4-6H2,1-3H3;1H/t13-;/m0./s1. The highest BCUT2D eigenvalue weighted by atomic mass is 35.5. The fraction of sp³-hybridized carbons (Fsp3) is 0.538. The van der Waals surface area contributed by atoms with Crippen LogP contribution in [0.2, 0.25) is 0 Å². The monoisotopic (exact) mass is 225 g/mol. The molecule has 1 aliphatic heterocycles. The number of hydrogen-bond acceptors (Lipinski definition) is 1. The molecular formula is C13H20ClN. The zero-order valence-electron chi connectivity index (χ0n) is 9.76. The van der Waals surface area contributed by atoms with Gasteiger partial charge in [0, 0.05) is 6.04 Å². The predicted octanol–water partition coefficient (Wildman–Crippen LogP) is 3.46. The lowest BCUT2D eigenvalue weighted by atomic mass is 9.95. The van der Waals surface area contributed by atoms with Crippen LogP contribution in [-0.4, -0.2) is 6.54 Å². The van der Waals surface area contributed by atoms with Gasteiger partial charge >= 0.3 is 0 Å². The van der Waals surface area contributed by atoms with Crippen molar-refractivity contribution in [2.75, 3.05) is 6.54 Å². The average molecular weight is 226 g/mol. The summed E-state index contributed by atoms with van der Waals surface area (Å²) >= 11 is 0. The molecule has 1 saturated heterocycles. The Kier molecular flexibility index (Phi) is 4.18. The summed E-state index contributed by atoms with van der Waals surface area (Å²) < 4.78 is 0. The Balaban J connectivity index is 0.00000112. The predicted molar refractivity (Wildman–Crippen MR) is 67.9 cm³/mol. The third-order valence-corrected chi connectivity index (χ3v) is 3.32. The van der Waals surface area contributed by atoms with Crippen LogP contribution < -0.4 is 5.32 Å². The van der Waals surface area contributed by atoms with Gasteiger partial charge in [0.25, 0.3) is 0 Å². The van der Waals surface area contributed by atoms with Crippen molar-refractivity contribution in [2.45, 2.75) is 39.7 Å². The lowest BCUT2D eigenvalue weighted by Gasteiger charge is -2.16. The molecule has 84 valence electrons. The summed E-state index contributed by atoms with van der Waals surface area (Å²) in [6.07, 6.45) is 2.61. The minimum absolute atomic E-state index is 0. The van der Waals surface area contributed by atoms with E-state index in [1.54, 1.807) is 0 Å². The lowest BCUT2D eigenvalue weighted by molar-refractivity contribution is 0.643. The van der Waals surface area contributed by atoms with Crippen LogP contribution in [0.3, 0.4) is 0 Å². The van der Waals surface area contributed by atoms with Gasteiger partial charge in [0.05, 0.1) is 0 Å². The Morgan fingerprint density at radius 2 is 1.73 bits per heavy atom. The normalized spacial score (nSPS) is 20.1. The van der Waals surface area contributed by atoms with E-state index in [-0.39, 0.29) is 12.4 Å². The largest absolute Gasteiger partial charge is 0.310 e. The maximum Gasteiger partial charge on any atom is 0.0323 e. The quantitative estimate of drug-likeness (QED) is 0.772. The molecule has 2 rings (SSSR count). The van der Waals surface area contributed by atoms with E-state index >= 15 is 0 Å². The van der Waals surface area contributed by atoms with Crippen LogP contribution in [0.15, 0.2) is 12.1 Å². The van der Waals surface area contributed by atoms with Crippen molar-refractivity contribution in [3.8, 4) is 0 Å². The highest BCUT2D eigenvalue weighted by molar-refractivity contribution is 5.85. The van der Waals surface area contributed by atoms with Crippen LogP contribution in [0, 0.1) is 20.8 Å². The molecule has 0 aliphatic carbocycles. The van der Waals surface area contributed by atoms with Gasteiger partial charge in [-0.1, -0.05) is 12.1 Å². The molecule has 1 fully saturated rings. The molecule has 0 radical (unpaired) electrons. The molecule has 1 aromatic rings. The van der Waals surface area contributed by atoms with Gasteiger partial charge in [-0.25, -0.2) is 0 Å². The molecule has 0 spiro atoms. The highest BCUT2D eigenvalue weighted by Crippen LogP contribution is 2.27. The second-order valence-corrected chi connectivity index (χ2v) is 4.44. The molecule has 1 N–H and O–H groups in total. The van der Waals surface area contributed by atoms with Gasteiger partial charge in [0.1, 0.15) is 0 Å². The molecule has 1 nitrogen and oxygen atoms in total. The zero-order valence-corrected chi connectivity index (χ0v) is 10.6. The first-order valence-electron chi connectivity index (χ1n) is 5.49. The number of benzene rings is 1. The summed E-state index contributed by atoms with van der Waals surface area (Å²) in [7, 11) is 0. The molecule has 0 unspecified atom stereocenters. The Bertz CT molecular complexity index is 341. The van der Waals surface area contributed by atoms with E-state index in [9.17, 15) is 0 Å². The summed E-state index contributed by atoms with van der Waals surface area (Å²) in [5.74, 6) is 0. The minimum Gasteiger partial charge on any atom is -0.310 e. The summed E-state index contributed by atoms with van der Waals surface area (Å²) in [6.45, 7) is 7.79. The molecule has 0 aromatic heterocycles. The molecule has 0 saturated carbocycles. The zero-order chi connectivity index (χ0) is 10.1. The molecule has 1 aromatic carbocycles. The SMILES string of the molecule is Cc1cc(C)c([C@@H]2CCCN2)cc1C.Cl. The Labute approximate surface area is 98.7 Å². The lowest BCUT2D eigenvalue weighted by Crippen LogP contribution is -2.14. The fourth-order valence-electron chi connectivity index (χ4n) is 2.31. The van der Waals surface area contributed by atoms with Crippen LogP contribution in [0.4, 0.5) is 0 Å². The van der Waals surface area contributed by atoms with Crippen molar-refractivity contribution in [3.05, 3.63) is 34.4 Å². The molecule has 2 heteroatoms. The second kappa shape index (κ2) is 5.00. The van der Waals surface area contributed by atoms with E-state index in [0.717, 1.165) is 0 Å². The first-order chi connectivity index (χ1) is 6.68. The molecule has 1 atom stereocenters. The first-order valence-corrected chi connectivity index (χ1v) is 5.49. The molecule has 1 aliphatic rings. The van der Waals surface area contributed by atoms with Gasteiger partial charge in [0.15, 0.2) is 0 Å². The van der Waals surface area contributed by atoms with Crippen molar-refractivity contribution in [3.63, 3.8) is 0 Å². The maximum atomic E-state index is 3.56. The van der Waals surface area contributed by atoms with Crippen LogP contribution in [-0.2, 0) is 0 Å². The summed E-state index contributed by atoms with van der Waals surface area (Å²) in [6, 6.07) is 5.27. The molecular weight excluding hydrogens is 206 g/mol. The van der Waals surface area contributed by atoms with Crippen LogP contribution in [0.25, 0.3) is 0 Å². The van der Waals surface area contributed by atoms with Crippen LogP contribution in [0.5, 0.6) is 0 Å². The van der Waals surface area contributed by atoms with Crippen molar-refractivity contribution in [2.24, 2.45) is 0 Å². The minimum atomic E-state index is 0. The Morgan fingerprint density at radius 3 is 2.33 bits per heavy atom. The fourth-order valence-corrected chi connectivity index (χ4v) is 2.31. The topological polar surface area (TPSA) is 12.0 Å². The smallest absolute Gasteiger partial charge is 0.0323 e. The molecule has 1 heterocycles. The van der Waals surface area contributed by atoms with Crippen molar-refractivity contribution in [1.29, 1.82) is 0 Å². The average Bonchev–Trinajstić information content (AvgIpc) is 2.64. The summed E-state index contributed by atoms with van der Waals surface area (Å²) in [5.41, 5.74) is 5.77. The van der Waals surface area contributed by atoms with E-state index < -0.39 is 0 Å². The van der Waals surface area contributed by atoms with Gasteiger partial charge < -0.3 is 5.32 Å². The van der Waals surface area contributed by atoms with Gasteiger partial charge in [0.2, 0.25) is 0 Å². The summed E-state index contributed by atoms with van der Waals surface area (Å²) in [4.78, 5) is 0. The Hall–Kier alpha value is -0.530. The number of halogens is 1. The third kappa shape index (κ3) is 2.53. The maximum absolute atomic E-state index is 3.56. The molecule has 15 heavy (non-hydrogen) atoms. The van der Waals surface area contributed by atoms with Crippen molar-refractivity contribution in [1.82, 2.24) is 5.32 Å². The molecule has 0 amide bonds. The number of aryl methyl sites for hydroxylation is 3. The highest BCUT2D eigenvalue weighted by Gasteiger charge is 2.18. The van der Waals surface area contributed by atoms with Gasteiger partial charge in [-0.15, -0.1) is 12.4 Å². The first kappa shape index (κ1) is 12.5. The van der Waals surface area contributed by atoms with Gasteiger partial charge in [-0.05, 0) is 62.4 Å². The second-order valence-electron chi connectivity index (χ2n) is 4.44. The summed E-state index contributed by atoms with van der Waals surface area (Å²) in [5, 5.41) is 3.56. The molecule has 0 bridgehead atoms. The van der Waals surface area contributed by atoms with E-state index in [1.165, 1.54) is 41.6 Å². The van der Waals surface area contributed by atoms with Crippen molar-refractivity contribution < 1.29 is 0 Å². The van der Waals surface area contributed by atoms with Gasteiger partial charge in [-0.3, -0.25) is 0 Å². The third-order valence-electron chi connectivity index (χ3n) is 3.32. The number of hydrogen-bond donors (Lipinski definition) is 1. The van der Waals surface area contributed by atoms with E-state index in [4.69, 9.17) is 0 Å². The number of nitrogens with one attached hydrogen (secondary N) is 1. The van der Waals surface area contributed by atoms with Crippen molar-refractivity contribution >= 4 is 12.4 Å². The van der Waals surface area contributed by atoms with Crippen LogP contribution in [0.1, 0.15) is 41.1 Å². The van der Waals surface area contributed by atoms with Gasteiger partial charge in [-0.2, -0.15) is 0 Å². The van der Waals surface area contributed by atoms with E-state index in [1.807, 2.05) is 0 Å². The van der Waals surface area contributed by atoms with E-state index in [2.05, 4.69) is 38.2 Å². The van der Waals surface area contributed by atoms with Crippen LogP contribution >= 0.6 is 12.4 Å². The number of rotatable bonds is 1. The Morgan fingerprint density at radius 1 is 1.07 bits per heavy atom.